The van der Waals surface area contributed by atoms with Gasteiger partial charge in [0.2, 0.25) is 11.8 Å². The van der Waals surface area contributed by atoms with Crippen molar-refractivity contribution in [3.8, 4) is 0 Å². The normalized spacial score (nSPS) is 22.5. The van der Waals surface area contributed by atoms with Crippen molar-refractivity contribution in [1.82, 2.24) is 20.0 Å². The maximum atomic E-state index is 13.2. The Kier molecular flexibility index (Phi) is 18.3. The van der Waals surface area contributed by atoms with Gasteiger partial charge in [-0.15, -0.1) is 0 Å². The molecular formula is C22H39Cl5N4O7. The van der Waals surface area contributed by atoms with Gasteiger partial charge in [-0.2, -0.15) is 0 Å². The van der Waals surface area contributed by atoms with Crippen LogP contribution in [0.3, 0.4) is 0 Å². The number of carbonyl (C=O) groups is 2. The molecule has 1 aliphatic heterocycles. The van der Waals surface area contributed by atoms with E-state index in [9.17, 15) is 35.1 Å². The van der Waals surface area contributed by atoms with Crippen LogP contribution in [-0.4, -0.2) is 138 Å². The van der Waals surface area contributed by atoms with Gasteiger partial charge in [-0.05, 0) is 51.6 Å². The second-order valence-electron chi connectivity index (χ2n) is 9.25. The lowest BCUT2D eigenvalue weighted by Gasteiger charge is -2.39. The van der Waals surface area contributed by atoms with Gasteiger partial charge in [-0.25, -0.2) is 0 Å². The lowest BCUT2D eigenvalue weighted by atomic mass is 9.98. The number of rotatable bonds is 20. The summed E-state index contributed by atoms with van der Waals surface area (Å²) >= 11 is 28.3. The zero-order valence-corrected chi connectivity index (χ0v) is 24.8. The van der Waals surface area contributed by atoms with E-state index < -0.39 is 39.9 Å². The summed E-state index contributed by atoms with van der Waals surface area (Å²) in [7, 11) is 0. The highest BCUT2D eigenvalue weighted by Crippen LogP contribution is 2.20. The van der Waals surface area contributed by atoms with Crippen molar-refractivity contribution >= 4 is 69.8 Å². The second-order valence-corrected chi connectivity index (χ2v) is 11.8. The predicted octanol–water partition coefficient (Wildman–Crippen LogP) is 0.413. The SMILES string of the molecule is O=C1NC(CCCCN(CC(O)Cl)CC(O)Cl)C(=O)N(CC(O)Cl)C1CCCCN(CC(O)Cl)CC(O)Cl. The van der Waals surface area contributed by atoms with Crippen molar-refractivity contribution in [2.24, 2.45) is 0 Å². The van der Waals surface area contributed by atoms with Crippen LogP contribution in [0.4, 0.5) is 0 Å². The van der Waals surface area contributed by atoms with Gasteiger partial charge in [0.05, 0.1) is 6.54 Å². The zero-order chi connectivity index (χ0) is 28.8. The molecule has 7 unspecified atom stereocenters. The number of unbranched alkanes of at least 4 members (excludes halogenated alkanes) is 2. The molecule has 1 fully saturated rings. The first-order valence-corrected chi connectivity index (χ1v) is 14.6. The molecule has 38 heavy (non-hydrogen) atoms. The topological polar surface area (TPSA) is 157 Å². The van der Waals surface area contributed by atoms with Crippen molar-refractivity contribution in [2.45, 2.75) is 78.4 Å². The monoisotopic (exact) mass is 646 g/mol. The van der Waals surface area contributed by atoms with Crippen LogP contribution in [0.25, 0.3) is 0 Å². The van der Waals surface area contributed by atoms with Crippen LogP contribution in [-0.2, 0) is 9.59 Å². The summed E-state index contributed by atoms with van der Waals surface area (Å²) in [6, 6.07) is -1.57. The summed E-state index contributed by atoms with van der Waals surface area (Å²) in [5.74, 6) is -0.677. The number of hydrogen-bond donors (Lipinski definition) is 6. The molecule has 0 aromatic rings. The van der Waals surface area contributed by atoms with Gasteiger partial charge in [0.15, 0.2) is 0 Å². The van der Waals surface area contributed by atoms with Gasteiger partial charge in [-0.1, -0.05) is 58.0 Å². The number of nitrogens with zero attached hydrogens (tertiary/aromatic N) is 3. The largest absolute Gasteiger partial charge is 0.376 e. The summed E-state index contributed by atoms with van der Waals surface area (Å²) in [5, 5.41) is 50.1. The van der Waals surface area contributed by atoms with E-state index >= 15 is 0 Å². The molecule has 0 bridgehead atoms. The van der Waals surface area contributed by atoms with Gasteiger partial charge >= 0.3 is 0 Å². The van der Waals surface area contributed by atoms with E-state index in [1.807, 2.05) is 0 Å². The Bertz CT molecular complexity index is 674. The number of aliphatic hydroxyl groups excluding tert-OH is 5. The molecular weight excluding hydrogens is 610 g/mol. The van der Waals surface area contributed by atoms with E-state index in [1.54, 1.807) is 9.80 Å². The molecule has 11 nitrogen and oxygen atoms in total. The van der Waals surface area contributed by atoms with Crippen molar-refractivity contribution < 1.29 is 35.1 Å². The van der Waals surface area contributed by atoms with E-state index in [0.29, 0.717) is 51.6 Å². The first-order valence-electron chi connectivity index (χ1n) is 12.5. The predicted molar refractivity (Wildman–Crippen MR) is 147 cm³/mol. The molecule has 1 aliphatic rings. The van der Waals surface area contributed by atoms with Crippen LogP contribution in [0, 0.1) is 0 Å². The second kappa shape index (κ2) is 19.3. The third kappa shape index (κ3) is 15.2. The van der Waals surface area contributed by atoms with Gasteiger partial charge in [0, 0.05) is 26.2 Å². The third-order valence-electron chi connectivity index (χ3n) is 5.98. The minimum atomic E-state index is -1.34. The van der Waals surface area contributed by atoms with Gasteiger partial charge in [-0.3, -0.25) is 19.4 Å². The lowest BCUT2D eigenvalue weighted by Crippen LogP contribution is -2.64. The number of hydrogen-bond acceptors (Lipinski definition) is 9. The van der Waals surface area contributed by atoms with E-state index in [0.717, 1.165) is 0 Å². The maximum absolute atomic E-state index is 13.2. The van der Waals surface area contributed by atoms with Crippen LogP contribution in [0.5, 0.6) is 0 Å². The van der Waals surface area contributed by atoms with Crippen molar-refractivity contribution in [2.75, 3.05) is 45.8 Å². The summed E-state index contributed by atoms with van der Waals surface area (Å²) in [6.07, 6.45) is 2.94. The molecule has 224 valence electrons. The standard InChI is InChI=1S/C22H39Cl5N4O7/c23-16(32)9-29(10-17(24)33)7-3-1-5-14-22(38)31(13-20(27)36)15(21(37)28-14)6-2-4-8-30(11-18(25)34)12-19(26)35/h14-20,32-36H,1-13H2,(H,28,37). The summed E-state index contributed by atoms with van der Waals surface area (Å²) in [6.45, 7) is 1.16. The minimum absolute atomic E-state index is 0.108. The number of nitrogens with one attached hydrogen (secondary N) is 1. The molecule has 0 aromatic heterocycles. The average Bonchev–Trinajstić information content (AvgIpc) is 2.76. The number of piperazine rings is 1. The van der Waals surface area contributed by atoms with Crippen LogP contribution < -0.4 is 5.32 Å². The van der Waals surface area contributed by atoms with Crippen LogP contribution in [0.2, 0.25) is 0 Å². The fraction of sp³-hybridized carbons (Fsp3) is 0.909. The molecule has 1 heterocycles. The summed E-state index contributed by atoms with van der Waals surface area (Å²) in [4.78, 5) is 30.8. The fourth-order valence-corrected chi connectivity index (χ4v) is 5.34. The van der Waals surface area contributed by atoms with Crippen molar-refractivity contribution in [3.63, 3.8) is 0 Å². The number of carbonyl (C=O) groups excluding carboxylic acids is 2. The highest BCUT2D eigenvalue weighted by atomic mass is 35.5. The average molecular weight is 649 g/mol. The van der Waals surface area contributed by atoms with E-state index in [-0.39, 0.29) is 44.5 Å². The number of aliphatic hydroxyl groups is 5. The molecule has 0 aromatic carbocycles. The lowest BCUT2D eigenvalue weighted by molar-refractivity contribution is -0.150. The van der Waals surface area contributed by atoms with Gasteiger partial charge < -0.3 is 35.7 Å². The highest BCUT2D eigenvalue weighted by Gasteiger charge is 2.40. The van der Waals surface area contributed by atoms with E-state index in [4.69, 9.17) is 58.0 Å². The molecule has 0 radical (unpaired) electrons. The molecule has 16 heteroatoms. The Labute approximate surface area is 248 Å². The van der Waals surface area contributed by atoms with Gasteiger partial charge in [0.1, 0.15) is 39.9 Å². The van der Waals surface area contributed by atoms with E-state index in [2.05, 4.69) is 5.32 Å². The molecule has 0 saturated carbocycles. The number of alkyl halides is 5. The fourth-order valence-electron chi connectivity index (χ4n) is 4.41. The minimum Gasteiger partial charge on any atom is -0.376 e. The Morgan fingerprint density at radius 2 is 1.11 bits per heavy atom. The van der Waals surface area contributed by atoms with Crippen LogP contribution in [0.15, 0.2) is 0 Å². The molecule has 1 saturated heterocycles. The van der Waals surface area contributed by atoms with E-state index in [1.165, 1.54) is 4.90 Å². The Morgan fingerprint density at radius 3 is 1.50 bits per heavy atom. The van der Waals surface area contributed by atoms with Crippen LogP contribution >= 0.6 is 58.0 Å². The highest BCUT2D eigenvalue weighted by molar-refractivity contribution is 6.20. The number of β-amino-alcohol motifs (C(OH)–C–C–N with tert-alkyl or cyclic N) is 1. The Balaban J connectivity index is 2.65. The summed E-state index contributed by atoms with van der Waals surface area (Å²) in [5.41, 5.74) is -5.80. The maximum Gasteiger partial charge on any atom is 0.245 e. The van der Waals surface area contributed by atoms with Crippen molar-refractivity contribution in [3.05, 3.63) is 0 Å². The smallest absolute Gasteiger partial charge is 0.245 e. The van der Waals surface area contributed by atoms with Crippen LogP contribution in [0.1, 0.15) is 38.5 Å². The number of halogens is 5. The zero-order valence-electron chi connectivity index (χ0n) is 21.0. The molecule has 0 spiro atoms. The number of amides is 2. The van der Waals surface area contributed by atoms with Gasteiger partial charge in [0.25, 0.3) is 0 Å². The Morgan fingerprint density at radius 1 is 0.684 bits per heavy atom. The summed E-state index contributed by atoms with van der Waals surface area (Å²) < 4.78 is 0. The van der Waals surface area contributed by atoms with Crippen molar-refractivity contribution in [1.29, 1.82) is 0 Å². The first kappa shape index (κ1) is 36.1. The molecule has 1 rings (SSSR count). The molecule has 7 atom stereocenters. The molecule has 2 amide bonds. The molecule has 0 aliphatic carbocycles. The molecule has 6 N–H and O–H groups in total. The Hall–Kier alpha value is 0.110. The first-order chi connectivity index (χ1) is 17.8. The quantitative estimate of drug-likeness (QED) is 0.0813. The third-order valence-corrected chi connectivity index (χ3v) is 6.67.